The zero-order valence-corrected chi connectivity index (χ0v) is 13.3. The first kappa shape index (κ1) is 16.3. The lowest BCUT2D eigenvalue weighted by atomic mass is 10.1. The number of carboxylic acid groups (broad SMARTS) is 1. The van der Waals surface area contributed by atoms with Crippen molar-refractivity contribution in [2.45, 2.75) is 31.8 Å². The summed E-state index contributed by atoms with van der Waals surface area (Å²) < 4.78 is 5.52. The number of rotatable bonds is 4. The molecule has 7 nitrogen and oxygen atoms in total. The number of carbonyl (C=O) groups excluding carboxylic acids is 2. The summed E-state index contributed by atoms with van der Waals surface area (Å²) >= 11 is 0. The summed E-state index contributed by atoms with van der Waals surface area (Å²) in [5, 5.41) is 8.98. The molecule has 3 rings (SSSR count). The van der Waals surface area contributed by atoms with E-state index in [1.165, 1.54) is 4.90 Å². The van der Waals surface area contributed by atoms with Crippen molar-refractivity contribution in [3.8, 4) is 5.75 Å². The fraction of sp³-hybridized carbons (Fsp3) is 0.471. The van der Waals surface area contributed by atoms with E-state index in [1.807, 2.05) is 0 Å². The minimum absolute atomic E-state index is 0.0880. The molecule has 7 heteroatoms. The monoisotopic (exact) mass is 332 g/mol. The van der Waals surface area contributed by atoms with E-state index in [-0.39, 0.29) is 12.5 Å². The predicted octanol–water partition coefficient (Wildman–Crippen LogP) is 1.27. The van der Waals surface area contributed by atoms with Gasteiger partial charge >= 0.3 is 5.97 Å². The molecule has 0 spiro atoms. The third-order valence-corrected chi connectivity index (χ3v) is 4.33. The molecule has 1 atom stereocenters. The molecule has 2 aliphatic rings. The summed E-state index contributed by atoms with van der Waals surface area (Å²) in [6, 6.07) is 6.88. The lowest BCUT2D eigenvalue weighted by Gasteiger charge is -2.35. The standard InChI is InChI=1S/C17H20N2O5/c20-15(18-8-4-1-5-9-18)11-19-12-6-2-3-7-13(12)24-14(17(19)23)10-16(21)22/h2-3,6-7,14H,1,4-5,8-11H2,(H,21,22)/t14-/m1/s1. The Kier molecular flexibility index (Phi) is 4.69. The van der Waals surface area contributed by atoms with E-state index in [0.717, 1.165) is 19.3 Å². The number of benzene rings is 1. The SMILES string of the molecule is O=C(O)C[C@H]1Oc2ccccc2N(CC(=O)N2CCCCC2)C1=O. The molecule has 1 aromatic carbocycles. The lowest BCUT2D eigenvalue weighted by Crippen LogP contribution is -2.51. The van der Waals surface area contributed by atoms with Crippen LogP contribution in [0.5, 0.6) is 5.75 Å². The Morgan fingerprint density at radius 1 is 1.17 bits per heavy atom. The number of anilines is 1. The van der Waals surface area contributed by atoms with Crippen molar-refractivity contribution in [2.24, 2.45) is 0 Å². The number of likely N-dealkylation sites (tertiary alicyclic amines) is 1. The Morgan fingerprint density at radius 2 is 1.88 bits per heavy atom. The number of amides is 2. The molecule has 24 heavy (non-hydrogen) atoms. The number of nitrogens with zero attached hydrogens (tertiary/aromatic N) is 2. The van der Waals surface area contributed by atoms with E-state index in [1.54, 1.807) is 29.2 Å². The van der Waals surface area contributed by atoms with Gasteiger partial charge < -0.3 is 14.7 Å². The maximum absolute atomic E-state index is 12.6. The molecule has 1 N–H and O–H groups in total. The highest BCUT2D eigenvalue weighted by Crippen LogP contribution is 2.34. The number of para-hydroxylation sites is 2. The number of hydrogen-bond donors (Lipinski definition) is 1. The Bertz CT molecular complexity index is 654. The molecule has 1 aromatic rings. The third kappa shape index (κ3) is 3.34. The first-order chi connectivity index (χ1) is 11.6. The average Bonchev–Trinajstić information content (AvgIpc) is 2.58. The summed E-state index contributed by atoms with van der Waals surface area (Å²) in [6.07, 6.45) is 1.53. The van der Waals surface area contributed by atoms with Gasteiger partial charge in [-0.15, -0.1) is 0 Å². The van der Waals surface area contributed by atoms with Crippen molar-refractivity contribution >= 4 is 23.5 Å². The van der Waals surface area contributed by atoms with Crippen molar-refractivity contribution in [1.82, 2.24) is 4.90 Å². The second-order valence-corrected chi connectivity index (χ2v) is 6.04. The first-order valence-electron chi connectivity index (χ1n) is 8.13. The van der Waals surface area contributed by atoms with Crippen LogP contribution >= 0.6 is 0 Å². The second-order valence-electron chi connectivity index (χ2n) is 6.04. The molecule has 1 fully saturated rings. The molecule has 2 aliphatic heterocycles. The highest BCUT2D eigenvalue weighted by Gasteiger charge is 2.37. The van der Waals surface area contributed by atoms with Crippen LogP contribution in [-0.4, -0.2) is 53.5 Å². The van der Waals surface area contributed by atoms with Crippen molar-refractivity contribution < 1.29 is 24.2 Å². The number of fused-ring (bicyclic) bond motifs is 1. The Labute approximate surface area is 139 Å². The van der Waals surface area contributed by atoms with E-state index < -0.39 is 24.4 Å². The number of hydrogen-bond acceptors (Lipinski definition) is 4. The van der Waals surface area contributed by atoms with Crippen LogP contribution in [0.1, 0.15) is 25.7 Å². The molecule has 0 bridgehead atoms. The quantitative estimate of drug-likeness (QED) is 0.897. The van der Waals surface area contributed by atoms with Crippen molar-refractivity contribution in [3.63, 3.8) is 0 Å². The van der Waals surface area contributed by atoms with Gasteiger partial charge in [-0.2, -0.15) is 0 Å². The Morgan fingerprint density at radius 3 is 2.58 bits per heavy atom. The number of piperidine rings is 1. The lowest BCUT2D eigenvalue weighted by molar-refractivity contribution is -0.142. The third-order valence-electron chi connectivity index (χ3n) is 4.33. The molecule has 2 heterocycles. The number of carbonyl (C=O) groups is 3. The van der Waals surface area contributed by atoms with Crippen LogP contribution in [0.4, 0.5) is 5.69 Å². The van der Waals surface area contributed by atoms with Crippen LogP contribution in [0.25, 0.3) is 0 Å². The zero-order valence-electron chi connectivity index (χ0n) is 13.3. The van der Waals surface area contributed by atoms with E-state index in [4.69, 9.17) is 9.84 Å². The minimum Gasteiger partial charge on any atom is -0.481 e. The topological polar surface area (TPSA) is 87.2 Å². The van der Waals surface area contributed by atoms with Crippen molar-refractivity contribution in [3.05, 3.63) is 24.3 Å². The molecule has 0 aromatic heterocycles. The Hall–Kier alpha value is -2.57. The van der Waals surface area contributed by atoms with Gasteiger partial charge in [0.05, 0.1) is 12.1 Å². The smallest absolute Gasteiger partial charge is 0.307 e. The summed E-state index contributed by atoms with van der Waals surface area (Å²) in [4.78, 5) is 39.2. The van der Waals surface area contributed by atoms with E-state index in [9.17, 15) is 14.4 Å². The predicted molar refractivity (Wildman–Crippen MR) is 85.9 cm³/mol. The normalized spacial score (nSPS) is 20.3. The largest absolute Gasteiger partial charge is 0.481 e. The summed E-state index contributed by atoms with van der Waals surface area (Å²) in [6.45, 7) is 1.32. The van der Waals surface area contributed by atoms with Crippen LogP contribution in [0.2, 0.25) is 0 Å². The van der Waals surface area contributed by atoms with E-state index in [2.05, 4.69) is 0 Å². The summed E-state index contributed by atoms with van der Waals surface area (Å²) in [5.41, 5.74) is 0.509. The average molecular weight is 332 g/mol. The van der Waals surface area contributed by atoms with Gasteiger partial charge in [-0.1, -0.05) is 12.1 Å². The molecule has 128 valence electrons. The van der Waals surface area contributed by atoms with Crippen LogP contribution in [0, 0.1) is 0 Å². The fourth-order valence-electron chi connectivity index (χ4n) is 3.11. The van der Waals surface area contributed by atoms with E-state index >= 15 is 0 Å². The van der Waals surface area contributed by atoms with Crippen LogP contribution < -0.4 is 9.64 Å². The summed E-state index contributed by atoms with van der Waals surface area (Å²) in [5.74, 6) is -1.29. The van der Waals surface area contributed by atoms with Crippen LogP contribution in [0.3, 0.4) is 0 Å². The van der Waals surface area contributed by atoms with Crippen LogP contribution in [-0.2, 0) is 14.4 Å². The fourth-order valence-corrected chi connectivity index (χ4v) is 3.11. The number of aliphatic carboxylic acids is 1. The number of ether oxygens (including phenoxy) is 1. The molecule has 2 amide bonds. The minimum atomic E-state index is -1.12. The Balaban J connectivity index is 1.82. The zero-order chi connectivity index (χ0) is 17.1. The highest BCUT2D eigenvalue weighted by molar-refractivity contribution is 6.04. The molecule has 0 unspecified atom stereocenters. The second kappa shape index (κ2) is 6.90. The highest BCUT2D eigenvalue weighted by atomic mass is 16.5. The summed E-state index contributed by atoms with van der Waals surface area (Å²) in [7, 11) is 0. The van der Waals surface area contributed by atoms with Gasteiger partial charge in [0.2, 0.25) is 5.91 Å². The van der Waals surface area contributed by atoms with Crippen LogP contribution in [0.15, 0.2) is 24.3 Å². The maximum atomic E-state index is 12.6. The first-order valence-corrected chi connectivity index (χ1v) is 8.13. The van der Waals surface area contributed by atoms with Crippen molar-refractivity contribution in [2.75, 3.05) is 24.5 Å². The molecular weight excluding hydrogens is 312 g/mol. The van der Waals surface area contributed by atoms with Gasteiger partial charge in [-0.05, 0) is 31.4 Å². The van der Waals surface area contributed by atoms with Crippen molar-refractivity contribution in [1.29, 1.82) is 0 Å². The molecule has 0 radical (unpaired) electrons. The maximum Gasteiger partial charge on any atom is 0.307 e. The molecule has 1 saturated heterocycles. The van der Waals surface area contributed by atoms with Gasteiger partial charge in [-0.25, -0.2) is 0 Å². The number of carboxylic acids is 1. The van der Waals surface area contributed by atoms with Gasteiger partial charge in [0.15, 0.2) is 6.10 Å². The van der Waals surface area contributed by atoms with Gasteiger partial charge in [0.25, 0.3) is 5.91 Å². The molecule has 0 saturated carbocycles. The van der Waals surface area contributed by atoms with E-state index in [0.29, 0.717) is 24.5 Å². The van der Waals surface area contributed by atoms with Gasteiger partial charge in [0, 0.05) is 13.1 Å². The molecule has 0 aliphatic carbocycles. The van der Waals surface area contributed by atoms with Gasteiger partial charge in [-0.3, -0.25) is 19.3 Å². The molecular formula is C17H20N2O5. The van der Waals surface area contributed by atoms with Gasteiger partial charge in [0.1, 0.15) is 12.3 Å².